The van der Waals surface area contributed by atoms with Crippen LogP contribution in [0.4, 0.5) is 11.5 Å². The molecule has 0 spiro atoms. The lowest BCUT2D eigenvalue weighted by atomic mass is 10.2. The van der Waals surface area contributed by atoms with Crippen LogP contribution in [0.15, 0.2) is 30.5 Å². The minimum Gasteiger partial charge on any atom is -0.494 e. The molecule has 1 aliphatic heterocycles. The average Bonchev–Trinajstić information content (AvgIpc) is 3.26. The van der Waals surface area contributed by atoms with Gasteiger partial charge in [0.15, 0.2) is 11.5 Å². The largest absolute Gasteiger partial charge is 0.494 e. The Hall–Kier alpha value is -3.55. The summed E-state index contributed by atoms with van der Waals surface area (Å²) in [7, 11) is 6.42. The van der Waals surface area contributed by atoms with Crippen molar-refractivity contribution < 1.29 is 18.9 Å². The lowest BCUT2D eigenvalue weighted by molar-refractivity contribution is 0.356. The number of ether oxygens (including phenoxy) is 4. The molecule has 0 unspecified atom stereocenters. The van der Waals surface area contributed by atoms with Gasteiger partial charge >= 0.3 is 0 Å². The highest BCUT2D eigenvalue weighted by molar-refractivity contribution is 6.05. The van der Waals surface area contributed by atoms with Gasteiger partial charge in [-0.1, -0.05) is 0 Å². The van der Waals surface area contributed by atoms with E-state index in [1.165, 1.54) is 0 Å². The predicted octanol–water partition coefficient (Wildman–Crippen LogP) is 3.77. The molecule has 0 fully saturated rings. The monoisotopic (exact) mass is 368 g/mol. The molecule has 8 heteroatoms. The summed E-state index contributed by atoms with van der Waals surface area (Å²) in [6.07, 6.45) is 1.63. The molecule has 1 aromatic carbocycles. The lowest BCUT2D eigenvalue weighted by Gasteiger charge is -2.13. The molecule has 27 heavy (non-hydrogen) atoms. The zero-order valence-electron chi connectivity index (χ0n) is 15.5. The van der Waals surface area contributed by atoms with Crippen molar-refractivity contribution in [2.45, 2.75) is 0 Å². The number of aromatic amines is 2. The van der Waals surface area contributed by atoms with E-state index in [2.05, 4.69) is 26.6 Å². The Morgan fingerprint density at radius 1 is 0.852 bits per heavy atom. The number of fused-ring (bicyclic) bond motifs is 3. The molecule has 0 atom stereocenters. The van der Waals surface area contributed by atoms with Crippen LogP contribution in [0, 0.1) is 0 Å². The standard InChI is InChI=1S/C19H20N4O4/c1-24-13-5-6-20-19(27-4)17(13)21-18-12-7-10-8-14(25-2)15(26-3)9-11(10)16(12)22-23-18/h5-9,21-23H,1-4H3. The molecule has 140 valence electrons. The number of rotatable bonds is 6. The highest BCUT2D eigenvalue weighted by Gasteiger charge is 2.21. The smallest absolute Gasteiger partial charge is 0.241 e. The van der Waals surface area contributed by atoms with E-state index in [-0.39, 0.29) is 0 Å². The van der Waals surface area contributed by atoms with Gasteiger partial charge in [-0.15, -0.1) is 0 Å². The van der Waals surface area contributed by atoms with Crippen molar-refractivity contribution in [3.63, 3.8) is 0 Å². The van der Waals surface area contributed by atoms with E-state index >= 15 is 0 Å². The van der Waals surface area contributed by atoms with Crippen molar-refractivity contribution in [1.82, 2.24) is 15.2 Å². The summed E-state index contributed by atoms with van der Waals surface area (Å²) >= 11 is 0. The normalized spacial score (nSPS) is 11.0. The molecule has 3 N–H and O–H groups in total. The summed E-state index contributed by atoms with van der Waals surface area (Å²) in [4.78, 5) is 4.23. The van der Waals surface area contributed by atoms with Gasteiger partial charge in [0, 0.05) is 23.2 Å². The number of aromatic nitrogens is 3. The van der Waals surface area contributed by atoms with Gasteiger partial charge in [0.25, 0.3) is 0 Å². The number of H-pyrrole nitrogens is 2. The van der Waals surface area contributed by atoms with E-state index in [0.29, 0.717) is 28.8 Å². The van der Waals surface area contributed by atoms with Gasteiger partial charge in [0.05, 0.1) is 34.1 Å². The third-order valence-corrected chi connectivity index (χ3v) is 4.52. The molecular weight excluding hydrogens is 348 g/mol. The Morgan fingerprint density at radius 2 is 1.59 bits per heavy atom. The second-order valence-corrected chi connectivity index (χ2v) is 5.87. The SMILES string of the molecule is COc1cc2cc3c(Nc4c(OC)ccnc4OC)[nH][nH]c-3c2cc1OC. The van der Waals surface area contributed by atoms with Gasteiger partial charge in [0.1, 0.15) is 17.3 Å². The van der Waals surface area contributed by atoms with Crippen molar-refractivity contribution in [3.8, 4) is 34.4 Å². The second-order valence-electron chi connectivity index (χ2n) is 5.87. The molecule has 1 aliphatic carbocycles. The number of nitrogens with zero attached hydrogens (tertiary/aromatic N) is 1. The van der Waals surface area contributed by atoms with E-state index in [0.717, 1.165) is 27.8 Å². The molecule has 0 saturated heterocycles. The molecule has 2 heterocycles. The van der Waals surface area contributed by atoms with Gasteiger partial charge in [-0.2, -0.15) is 0 Å². The minimum atomic E-state index is 0.441. The predicted molar refractivity (Wildman–Crippen MR) is 103 cm³/mol. The zero-order chi connectivity index (χ0) is 19.0. The number of nitrogens with one attached hydrogen (secondary N) is 3. The van der Waals surface area contributed by atoms with Crippen molar-refractivity contribution >= 4 is 22.3 Å². The third kappa shape index (κ3) is 2.66. The summed E-state index contributed by atoms with van der Waals surface area (Å²) < 4.78 is 21.6. The van der Waals surface area contributed by atoms with Crippen LogP contribution < -0.4 is 24.3 Å². The van der Waals surface area contributed by atoms with E-state index in [9.17, 15) is 0 Å². The van der Waals surface area contributed by atoms with Crippen LogP contribution in [0.3, 0.4) is 0 Å². The maximum absolute atomic E-state index is 5.43. The molecule has 0 radical (unpaired) electrons. The molecular formula is C19H20N4O4. The molecule has 0 saturated carbocycles. The first kappa shape index (κ1) is 16.9. The van der Waals surface area contributed by atoms with Gasteiger partial charge in [-0.3, -0.25) is 10.2 Å². The highest BCUT2D eigenvalue weighted by Crippen LogP contribution is 2.44. The Morgan fingerprint density at radius 3 is 2.30 bits per heavy atom. The van der Waals surface area contributed by atoms with Crippen LogP contribution in [0.1, 0.15) is 0 Å². The molecule has 0 bridgehead atoms. The quantitative estimate of drug-likeness (QED) is 0.480. The maximum Gasteiger partial charge on any atom is 0.241 e. The maximum atomic E-state index is 5.43. The lowest BCUT2D eigenvalue weighted by Crippen LogP contribution is -2.00. The van der Waals surface area contributed by atoms with Crippen LogP contribution >= 0.6 is 0 Å². The summed E-state index contributed by atoms with van der Waals surface area (Å²) in [6.45, 7) is 0. The highest BCUT2D eigenvalue weighted by atomic mass is 16.5. The number of benzene rings is 1. The molecule has 0 amide bonds. The number of anilines is 2. The van der Waals surface area contributed by atoms with Crippen LogP contribution in [0.2, 0.25) is 0 Å². The third-order valence-electron chi connectivity index (χ3n) is 4.52. The number of hydrogen-bond donors (Lipinski definition) is 3. The van der Waals surface area contributed by atoms with E-state index in [4.69, 9.17) is 18.9 Å². The van der Waals surface area contributed by atoms with Crippen LogP contribution in [0.25, 0.3) is 22.0 Å². The Labute approximate surface area is 155 Å². The van der Waals surface area contributed by atoms with Crippen molar-refractivity contribution in [2.24, 2.45) is 0 Å². The number of pyridine rings is 1. The fraction of sp³-hybridized carbons (Fsp3) is 0.211. The molecule has 4 rings (SSSR count). The van der Waals surface area contributed by atoms with Crippen LogP contribution in [-0.4, -0.2) is 43.6 Å². The van der Waals surface area contributed by atoms with E-state index in [1.807, 2.05) is 12.1 Å². The zero-order valence-corrected chi connectivity index (χ0v) is 15.5. The van der Waals surface area contributed by atoms with Crippen molar-refractivity contribution in [1.29, 1.82) is 0 Å². The topological polar surface area (TPSA) is 93.4 Å². The first-order valence-electron chi connectivity index (χ1n) is 8.29. The molecule has 1 aromatic heterocycles. The first-order chi connectivity index (χ1) is 13.2. The first-order valence-corrected chi connectivity index (χ1v) is 8.29. The number of methoxy groups -OCH3 is 4. The van der Waals surface area contributed by atoms with Crippen molar-refractivity contribution in [3.05, 3.63) is 30.5 Å². The molecule has 2 aliphatic rings. The van der Waals surface area contributed by atoms with Gasteiger partial charge in [-0.25, -0.2) is 4.98 Å². The van der Waals surface area contributed by atoms with Gasteiger partial charge in [-0.05, 0) is 23.6 Å². The number of hydrogen-bond acceptors (Lipinski definition) is 6. The summed E-state index contributed by atoms with van der Waals surface area (Å²) in [5, 5.41) is 11.8. The van der Waals surface area contributed by atoms with Crippen LogP contribution in [0.5, 0.6) is 23.1 Å². The van der Waals surface area contributed by atoms with Crippen LogP contribution in [-0.2, 0) is 0 Å². The Kier molecular flexibility index (Phi) is 4.15. The molecule has 8 nitrogen and oxygen atoms in total. The Bertz CT molecular complexity index is 1050. The Balaban J connectivity index is 1.81. The van der Waals surface area contributed by atoms with Gasteiger partial charge < -0.3 is 24.3 Å². The van der Waals surface area contributed by atoms with Crippen molar-refractivity contribution in [2.75, 3.05) is 33.8 Å². The fourth-order valence-electron chi connectivity index (χ4n) is 3.22. The summed E-state index contributed by atoms with van der Waals surface area (Å²) in [5.41, 5.74) is 2.57. The second kappa shape index (κ2) is 6.64. The summed E-state index contributed by atoms with van der Waals surface area (Å²) in [6, 6.07) is 7.75. The minimum absolute atomic E-state index is 0.441. The fourth-order valence-corrected chi connectivity index (χ4v) is 3.22. The van der Waals surface area contributed by atoms with E-state index in [1.54, 1.807) is 40.7 Å². The summed E-state index contributed by atoms with van der Waals surface area (Å²) in [5.74, 6) is 3.20. The average molecular weight is 368 g/mol. The molecule has 2 aromatic rings. The van der Waals surface area contributed by atoms with Gasteiger partial charge in [0.2, 0.25) is 5.88 Å². The van der Waals surface area contributed by atoms with E-state index < -0.39 is 0 Å².